The summed E-state index contributed by atoms with van der Waals surface area (Å²) in [5.74, 6) is 1.24. The molecule has 0 spiro atoms. The Morgan fingerprint density at radius 3 is 2.74 bits per heavy atom. The van der Waals surface area contributed by atoms with E-state index in [-0.39, 0.29) is 24.3 Å². The molecule has 1 aromatic carbocycles. The lowest BCUT2D eigenvalue weighted by atomic mass is 9.97. The van der Waals surface area contributed by atoms with E-state index in [0.29, 0.717) is 24.6 Å². The van der Waals surface area contributed by atoms with Crippen LogP contribution in [0.2, 0.25) is 0 Å². The Labute approximate surface area is 184 Å². The van der Waals surface area contributed by atoms with Gasteiger partial charge in [-0.15, -0.1) is 11.3 Å². The van der Waals surface area contributed by atoms with Crippen LogP contribution in [0, 0.1) is 13.8 Å². The zero-order chi connectivity index (χ0) is 21.8. The number of benzene rings is 1. The fraction of sp³-hybridized carbons (Fsp3) is 0.364. The Balaban J connectivity index is 1.26. The van der Waals surface area contributed by atoms with E-state index in [2.05, 4.69) is 20.5 Å². The summed E-state index contributed by atoms with van der Waals surface area (Å²) >= 11 is 1.49. The van der Waals surface area contributed by atoms with Gasteiger partial charge in [0.2, 0.25) is 0 Å². The molecule has 1 aliphatic heterocycles. The van der Waals surface area contributed by atoms with Crippen LogP contribution in [-0.2, 0) is 4.79 Å². The lowest BCUT2D eigenvalue weighted by Gasteiger charge is -2.31. The van der Waals surface area contributed by atoms with E-state index >= 15 is 0 Å². The Hall–Kier alpha value is -3.20. The molecule has 4 rings (SSSR count). The van der Waals surface area contributed by atoms with Gasteiger partial charge in [-0.2, -0.15) is 5.10 Å². The Morgan fingerprint density at radius 2 is 2.03 bits per heavy atom. The van der Waals surface area contributed by atoms with E-state index in [1.807, 2.05) is 36.9 Å². The smallest absolute Gasteiger partial charge is 0.276 e. The molecular formula is C22H25N5O3S. The maximum atomic E-state index is 12.5. The highest BCUT2D eigenvalue weighted by Crippen LogP contribution is 2.30. The van der Waals surface area contributed by atoms with Crippen LogP contribution in [0.1, 0.15) is 45.4 Å². The summed E-state index contributed by atoms with van der Waals surface area (Å²) in [5.41, 5.74) is 2.74. The van der Waals surface area contributed by atoms with Gasteiger partial charge < -0.3 is 15.0 Å². The van der Waals surface area contributed by atoms with E-state index in [9.17, 15) is 9.59 Å². The fourth-order valence-corrected chi connectivity index (χ4v) is 4.48. The number of aromatic amines is 1. The highest BCUT2D eigenvalue weighted by atomic mass is 32.1. The Morgan fingerprint density at radius 1 is 1.23 bits per heavy atom. The SMILES string of the molecule is Cc1ccc(OCC(=O)N2CCC(c3nc(C(=O)Nc4ccn[nH]4)cs3)CC2)cc1C. The van der Waals surface area contributed by atoms with Crippen molar-refractivity contribution in [1.29, 1.82) is 0 Å². The average Bonchev–Trinajstić information content (AvgIpc) is 3.47. The van der Waals surface area contributed by atoms with Gasteiger partial charge in [0.15, 0.2) is 6.61 Å². The summed E-state index contributed by atoms with van der Waals surface area (Å²) in [6.07, 6.45) is 3.22. The number of amides is 2. The number of thiazole rings is 1. The molecule has 3 heterocycles. The molecule has 2 N–H and O–H groups in total. The van der Waals surface area contributed by atoms with Gasteiger partial charge in [0.1, 0.15) is 17.3 Å². The molecule has 0 aliphatic carbocycles. The number of anilines is 1. The normalized spacial score (nSPS) is 14.5. The number of carbonyl (C=O) groups is 2. The molecule has 3 aromatic rings. The molecule has 2 amide bonds. The number of nitrogens with one attached hydrogen (secondary N) is 2. The van der Waals surface area contributed by atoms with Gasteiger partial charge in [-0.1, -0.05) is 6.07 Å². The molecule has 0 saturated carbocycles. The maximum Gasteiger partial charge on any atom is 0.276 e. The first kappa shape index (κ1) is 21.0. The molecule has 0 radical (unpaired) electrons. The molecule has 8 nitrogen and oxygen atoms in total. The van der Waals surface area contributed by atoms with Crippen LogP contribution in [0.3, 0.4) is 0 Å². The number of piperidine rings is 1. The first-order valence-corrected chi connectivity index (χ1v) is 11.1. The van der Waals surface area contributed by atoms with Gasteiger partial charge in [0.25, 0.3) is 11.8 Å². The fourth-order valence-electron chi connectivity index (χ4n) is 3.51. The average molecular weight is 440 g/mol. The van der Waals surface area contributed by atoms with Crippen molar-refractivity contribution in [2.24, 2.45) is 0 Å². The Kier molecular flexibility index (Phi) is 6.31. The summed E-state index contributed by atoms with van der Waals surface area (Å²) in [5, 5.41) is 11.9. The quantitative estimate of drug-likeness (QED) is 0.612. The number of likely N-dealkylation sites (tertiary alicyclic amines) is 1. The Bertz CT molecular complexity index is 1060. The zero-order valence-corrected chi connectivity index (χ0v) is 18.4. The predicted octanol–water partition coefficient (Wildman–Crippen LogP) is 3.52. The van der Waals surface area contributed by atoms with Crippen molar-refractivity contribution in [3.05, 3.63) is 57.7 Å². The third kappa shape index (κ3) is 5.11. The van der Waals surface area contributed by atoms with Crippen LogP contribution in [0.5, 0.6) is 5.75 Å². The lowest BCUT2D eigenvalue weighted by molar-refractivity contribution is -0.134. The second-order valence-electron chi connectivity index (χ2n) is 7.69. The summed E-state index contributed by atoms with van der Waals surface area (Å²) < 4.78 is 5.69. The highest BCUT2D eigenvalue weighted by Gasteiger charge is 2.26. The van der Waals surface area contributed by atoms with Crippen molar-refractivity contribution in [3.8, 4) is 5.75 Å². The number of H-pyrrole nitrogens is 1. The molecule has 1 fully saturated rings. The molecule has 2 aromatic heterocycles. The van der Waals surface area contributed by atoms with Crippen LogP contribution in [0.25, 0.3) is 0 Å². The third-order valence-corrected chi connectivity index (χ3v) is 6.55. The van der Waals surface area contributed by atoms with Crippen LogP contribution in [0.4, 0.5) is 5.82 Å². The number of hydrogen-bond donors (Lipinski definition) is 2. The monoisotopic (exact) mass is 439 g/mol. The topological polar surface area (TPSA) is 100 Å². The standard InChI is InChI=1S/C22H25N5O3S/c1-14-3-4-17(11-15(14)2)30-12-20(28)27-9-6-16(7-10-27)22-24-18(13-31-22)21(29)25-19-5-8-23-26-19/h3-5,8,11,13,16H,6-7,9-10,12H2,1-2H3,(H2,23,25,26,29). The maximum absolute atomic E-state index is 12.5. The molecular weight excluding hydrogens is 414 g/mol. The third-order valence-electron chi connectivity index (χ3n) is 5.54. The molecule has 162 valence electrons. The van der Waals surface area contributed by atoms with Crippen molar-refractivity contribution >= 4 is 29.0 Å². The minimum Gasteiger partial charge on any atom is -0.484 e. The van der Waals surface area contributed by atoms with E-state index in [0.717, 1.165) is 29.2 Å². The van der Waals surface area contributed by atoms with E-state index in [1.54, 1.807) is 17.6 Å². The molecule has 1 saturated heterocycles. The number of hydrogen-bond acceptors (Lipinski definition) is 6. The minimum absolute atomic E-state index is 0.00422. The molecule has 31 heavy (non-hydrogen) atoms. The van der Waals surface area contributed by atoms with Crippen LogP contribution < -0.4 is 10.1 Å². The van der Waals surface area contributed by atoms with Gasteiger partial charge in [-0.05, 0) is 49.9 Å². The van der Waals surface area contributed by atoms with Gasteiger partial charge >= 0.3 is 0 Å². The predicted molar refractivity (Wildman–Crippen MR) is 119 cm³/mol. The first-order chi connectivity index (χ1) is 15.0. The van der Waals surface area contributed by atoms with Crippen molar-refractivity contribution in [2.75, 3.05) is 25.0 Å². The second-order valence-corrected chi connectivity index (χ2v) is 8.57. The number of rotatable bonds is 6. The molecule has 9 heteroatoms. The number of nitrogens with zero attached hydrogens (tertiary/aromatic N) is 3. The van der Waals surface area contributed by atoms with Crippen molar-refractivity contribution in [3.63, 3.8) is 0 Å². The minimum atomic E-state index is -0.261. The molecule has 1 aliphatic rings. The van der Waals surface area contributed by atoms with Crippen molar-refractivity contribution in [1.82, 2.24) is 20.1 Å². The van der Waals surface area contributed by atoms with E-state index in [4.69, 9.17) is 4.74 Å². The van der Waals surface area contributed by atoms with Gasteiger partial charge in [-0.3, -0.25) is 14.7 Å². The number of aromatic nitrogens is 3. The molecule has 0 atom stereocenters. The van der Waals surface area contributed by atoms with E-state index in [1.165, 1.54) is 16.9 Å². The number of aryl methyl sites for hydroxylation is 2. The van der Waals surface area contributed by atoms with Crippen molar-refractivity contribution < 1.29 is 14.3 Å². The van der Waals surface area contributed by atoms with Gasteiger partial charge in [0.05, 0.1) is 11.2 Å². The number of ether oxygens (including phenoxy) is 1. The largest absolute Gasteiger partial charge is 0.484 e. The van der Waals surface area contributed by atoms with Gasteiger partial charge in [0, 0.05) is 30.5 Å². The van der Waals surface area contributed by atoms with Crippen LogP contribution >= 0.6 is 11.3 Å². The highest BCUT2D eigenvalue weighted by molar-refractivity contribution is 7.10. The lowest BCUT2D eigenvalue weighted by Crippen LogP contribution is -2.40. The zero-order valence-electron chi connectivity index (χ0n) is 17.6. The second kappa shape index (κ2) is 9.30. The summed E-state index contributed by atoms with van der Waals surface area (Å²) in [6.45, 7) is 5.44. The number of carbonyl (C=O) groups excluding carboxylic acids is 2. The van der Waals surface area contributed by atoms with E-state index < -0.39 is 0 Å². The summed E-state index contributed by atoms with van der Waals surface area (Å²) in [7, 11) is 0. The summed E-state index contributed by atoms with van der Waals surface area (Å²) in [6, 6.07) is 7.53. The molecule has 0 unspecified atom stereocenters. The van der Waals surface area contributed by atoms with Crippen LogP contribution in [0.15, 0.2) is 35.8 Å². The molecule has 0 bridgehead atoms. The first-order valence-electron chi connectivity index (χ1n) is 10.2. The van der Waals surface area contributed by atoms with Gasteiger partial charge in [-0.25, -0.2) is 4.98 Å². The van der Waals surface area contributed by atoms with Crippen LogP contribution in [-0.4, -0.2) is 51.6 Å². The summed E-state index contributed by atoms with van der Waals surface area (Å²) in [4.78, 5) is 31.2. The van der Waals surface area contributed by atoms with Crippen molar-refractivity contribution in [2.45, 2.75) is 32.6 Å².